The number of aromatic nitrogens is 2. The molecule has 1 amide bonds. The van der Waals surface area contributed by atoms with Crippen LogP contribution in [-0.4, -0.2) is 27.0 Å². The van der Waals surface area contributed by atoms with Crippen LogP contribution >= 0.6 is 0 Å². The van der Waals surface area contributed by atoms with Crippen molar-refractivity contribution >= 4 is 5.91 Å². The molecule has 0 atom stereocenters. The van der Waals surface area contributed by atoms with Gasteiger partial charge in [-0.1, -0.05) is 54.8 Å². The second-order valence-electron chi connectivity index (χ2n) is 10.8. The number of hydrogen-bond acceptors (Lipinski definition) is 4. The van der Waals surface area contributed by atoms with E-state index >= 15 is 0 Å². The van der Waals surface area contributed by atoms with Gasteiger partial charge in [-0.3, -0.25) is 4.79 Å². The first-order valence-electron chi connectivity index (χ1n) is 12.4. The van der Waals surface area contributed by atoms with E-state index in [1.54, 1.807) is 0 Å². The van der Waals surface area contributed by atoms with E-state index < -0.39 is 0 Å². The van der Waals surface area contributed by atoms with E-state index in [0.717, 1.165) is 55.4 Å². The Hall–Kier alpha value is -2.17. The SMILES string of the molecule is O=C(N(Cc1nc(-c2ccccc2)no1)C1CCCCC1)C12CC3CC(CC(C3)C1)C2. The van der Waals surface area contributed by atoms with Gasteiger partial charge in [0.2, 0.25) is 17.6 Å². The maximum Gasteiger partial charge on any atom is 0.246 e. The van der Waals surface area contributed by atoms with Gasteiger partial charge in [0.15, 0.2) is 0 Å². The lowest BCUT2D eigenvalue weighted by Crippen LogP contribution is -2.56. The predicted octanol–water partition coefficient (Wildman–Crippen LogP) is 5.61. The van der Waals surface area contributed by atoms with Gasteiger partial charge in [-0.05, 0) is 69.1 Å². The molecule has 1 heterocycles. The molecule has 0 N–H and O–H groups in total. The summed E-state index contributed by atoms with van der Waals surface area (Å²) in [5.41, 5.74) is 0.836. The first-order valence-corrected chi connectivity index (χ1v) is 12.4. The Labute approximate surface area is 184 Å². The van der Waals surface area contributed by atoms with Gasteiger partial charge in [-0.15, -0.1) is 0 Å². The van der Waals surface area contributed by atoms with Crippen LogP contribution in [0.3, 0.4) is 0 Å². The minimum Gasteiger partial charge on any atom is -0.337 e. The zero-order valence-corrected chi connectivity index (χ0v) is 18.3. The van der Waals surface area contributed by atoms with E-state index in [9.17, 15) is 4.79 Å². The van der Waals surface area contributed by atoms with E-state index in [2.05, 4.69) is 15.0 Å². The number of hydrogen-bond donors (Lipinski definition) is 0. The minimum atomic E-state index is -0.117. The molecule has 5 saturated carbocycles. The number of carbonyl (C=O) groups excluding carboxylic acids is 1. The summed E-state index contributed by atoms with van der Waals surface area (Å²) in [4.78, 5) is 21.1. The minimum absolute atomic E-state index is 0.117. The monoisotopic (exact) mass is 419 g/mol. The summed E-state index contributed by atoms with van der Waals surface area (Å²) < 4.78 is 5.65. The van der Waals surface area contributed by atoms with Crippen LogP contribution in [0.2, 0.25) is 0 Å². The van der Waals surface area contributed by atoms with Crippen LogP contribution < -0.4 is 0 Å². The highest BCUT2D eigenvalue weighted by molar-refractivity contribution is 5.83. The quantitative estimate of drug-likeness (QED) is 0.632. The molecule has 0 aliphatic heterocycles. The van der Waals surface area contributed by atoms with Crippen LogP contribution in [0, 0.1) is 23.2 Å². The highest BCUT2D eigenvalue weighted by atomic mass is 16.5. The van der Waals surface area contributed by atoms with E-state index in [-0.39, 0.29) is 5.41 Å². The summed E-state index contributed by atoms with van der Waals surface area (Å²) in [6, 6.07) is 10.3. The maximum atomic E-state index is 14.2. The molecule has 0 spiro atoms. The molecule has 0 saturated heterocycles. The van der Waals surface area contributed by atoms with Gasteiger partial charge in [-0.25, -0.2) is 0 Å². The van der Waals surface area contributed by atoms with Gasteiger partial charge in [0.1, 0.15) is 6.54 Å². The number of rotatable bonds is 5. The van der Waals surface area contributed by atoms with Crippen molar-refractivity contribution in [3.63, 3.8) is 0 Å². The average molecular weight is 420 g/mol. The molecule has 0 radical (unpaired) electrons. The molecule has 31 heavy (non-hydrogen) atoms. The lowest BCUT2D eigenvalue weighted by Gasteiger charge is -2.57. The summed E-state index contributed by atoms with van der Waals surface area (Å²) >= 11 is 0. The van der Waals surface area contributed by atoms with Crippen molar-refractivity contribution in [2.45, 2.75) is 83.2 Å². The number of nitrogens with zero attached hydrogens (tertiary/aromatic N) is 3. The lowest BCUT2D eigenvalue weighted by atomic mass is 9.49. The number of carbonyl (C=O) groups is 1. The smallest absolute Gasteiger partial charge is 0.246 e. The Kier molecular flexibility index (Phi) is 4.88. The molecule has 1 aromatic carbocycles. The second kappa shape index (κ2) is 7.75. The fourth-order valence-electron chi connectivity index (χ4n) is 7.61. The molecule has 1 aromatic heterocycles. The van der Waals surface area contributed by atoms with Crippen molar-refractivity contribution in [3.05, 3.63) is 36.2 Å². The molecule has 5 nitrogen and oxygen atoms in total. The van der Waals surface area contributed by atoms with Gasteiger partial charge >= 0.3 is 0 Å². The Morgan fingerprint density at radius 2 is 1.61 bits per heavy atom. The van der Waals surface area contributed by atoms with E-state index in [4.69, 9.17) is 4.52 Å². The van der Waals surface area contributed by atoms with E-state index in [1.165, 1.54) is 38.5 Å². The summed E-state index contributed by atoms with van der Waals surface area (Å²) in [6.45, 7) is 0.463. The van der Waals surface area contributed by atoms with E-state index in [1.807, 2.05) is 30.3 Å². The Balaban J connectivity index is 1.27. The van der Waals surface area contributed by atoms with E-state index in [0.29, 0.717) is 30.2 Å². The Bertz CT molecular complexity index is 896. The van der Waals surface area contributed by atoms with Crippen LogP contribution in [0.1, 0.15) is 76.5 Å². The second-order valence-corrected chi connectivity index (χ2v) is 10.8. The first kappa shape index (κ1) is 19.5. The van der Waals surface area contributed by atoms with Crippen molar-refractivity contribution in [3.8, 4) is 11.4 Å². The molecule has 5 aliphatic rings. The van der Waals surface area contributed by atoms with Crippen molar-refractivity contribution in [1.29, 1.82) is 0 Å². The molecule has 0 unspecified atom stereocenters. The molecule has 2 aromatic rings. The third kappa shape index (κ3) is 3.60. The van der Waals surface area contributed by atoms with Crippen LogP contribution in [-0.2, 0) is 11.3 Å². The number of benzene rings is 1. The van der Waals surface area contributed by atoms with Gasteiger partial charge < -0.3 is 9.42 Å². The normalized spacial score (nSPS) is 32.3. The van der Waals surface area contributed by atoms with Gasteiger partial charge in [0.05, 0.1) is 5.41 Å². The maximum absolute atomic E-state index is 14.2. The highest BCUT2D eigenvalue weighted by Crippen LogP contribution is 2.60. The highest BCUT2D eigenvalue weighted by Gasteiger charge is 2.56. The van der Waals surface area contributed by atoms with Crippen LogP contribution in [0.15, 0.2) is 34.9 Å². The van der Waals surface area contributed by atoms with Crippen LogP contribution in [0.4, 0.5) is 0 Å². The first-order chi connectivity index (χ1) is 15.2. The molecule has 5 heteroatoms. The number of amides is 1. The lowest BCUT2D eigenvalue weighted by molar-refractivity contribution is -0.162. The fourth-order valence-corrected chi connectivity index (χ4v) is 7.61. The Morgan fingerprint density at radius 1 is 0.968 bits per heavy atom. The molecule has 7 rings (SSSR count). The topological polar surface area (TPSA) is 59.2 Å². The fraction of sp³-hybridized carbons (Fsp3) is 0.654. The zero-order valence-electron chi connectivity index (χ0n) is 18.3. The largest absolute Gasteiger partial charge is 0.337 e. The van der Waals surface area contributed by atoms with Crippen LogP contribution in [0.5, 0.6) is 0 Å². The van der Waals surface area contributed by atoms with Crippen molar-refractivity contribution in [1.82, 2.24) is 15.0 Å². The molecular formula is C26H33N3O2. The third-order valence-corrected chi connectivity index (χ3v) is 8.57. The summed E-state index contributed by atoms with van der Waals surface area (Å²) in [5.74, 6) is 3.91. The Morgan fingerprint density at radius 3 is 2.26 bits per heavy atom. The van der Waals surface area contributed by atoms with Crippen LogP contribution in [0.25, 0.3) is 11.4 Å². The van der Waals surface area contributed by atoms with Gasteiger partial charge in [0.25, 0.3) is 0 Å². The van der Waals surface area contributed by atoms with Crippen molar-refractivity contribution in [2.24, 2.45) is 23.2 Å². The molecule has 4 bridgehead atoms. The van der Waals surface area contributed by atoms with Gasteiger partial charge in [-0.2, -0.15) is 4.98 Å². The molecule has 164 valence electrons. The van der Waals surface area contributed by atoms with Crippen molar-refractivity contribution in [2.75, 3.05) is 0 Å². The standard InChI is InChI=1S/C26H33N3O2/c30-25(26-14-18-11-19(15-26)13-20(12-18)16-26)29(22-9-5-2-6-10-22)17-23-27-24(28-31-23)21-7-3-1-4-8-21/h1,3-4,7-8,18-20,22H,2,5-6,9-17H2. The third-order valence-electron chi connectivity index (χ3n) is 8.57. The predicted molar refractivity (Wildman–Crippen MR) is 118 cm³/mol. The molecule has 5 fully saturated rings. The average Bonchev–Trinajstić information content (AvgIpc) is 3.26. The summed E-state index contributed by atoms with van der Waals surface area (Å²) in [7, 11) is 0. The summed E-state index contributed by atoms with van der Waals surface area (Å²) in [6.07, 6.45) is 13.4. The zero-order chi connectivity index (χ0) is 20.8. The summed E-state index contributed by atoms with van der Waals surface area (Å²) in [5, 5.41) is 4.21. The van der Waals surface area contributed by atoms with Gasteiger partial charge in [0, 0.05) is 11.6 Å². The van der Waals surface area contributed by atoms with Crippen molar-refractivity contribution < 1.29 is 9.32 Å². The molecule has 5 aliphatic carbocycles. The molecular weight excluding hydrogens is 386 g/mol.